The van der Waals surface area contributed by atoms with Gasteiger partial charge in [-0.15, -0.1) is 0 Å². The Morgan fingerprint density at radius 2 is 1.85 bits per heavy atom. The number of carbonyl (C=O) groups is 1. The predicted octanol–water partition coefficient (Wildman–Crippen LogP) is 3.98. The second kappa shape index (κ2) is 7.31. The van der Waals surface area contributed by atoms with Crippen LogP contribution in [-0.2, 0) is 6.18 Å². The molecule has 5 nitrogen and oxygen atoms in total. The first kappa shape index (κ1) is 18.2. The Bertz CT molecular complexity index is 760. The van der Waals surface area contributed by atoms with Gasteiger partial charge < -0.3 is 10.2 Å². The van der Waals surface area contributed by atoms with Crippen molar-refractivity contribution in [1.29, 1.82) is 0 Å². The standard InChI is InChI=1S/C18H19F3N4O/c1-12-3-2-8-25(11-12)17-22-9-13(10-23-17)16(26)24-15-6-4-14(5-7-15)18(19,20)21/h4-7,9-10,12H,2-3,8,11H2,1H3,(H,24,26). The summed E-state index contributed by atoms with van der Waals surface area (Å²) in [5, 5.41) is 2.54. The number of rotatable bonds is 3. The van der Waals surface area contributed by atoms with E-state index in [2.05, 4.69) is 27.1 Å². The predicted molar refractivity (Wildman–Crippen MR) is 92.0 cm³/mol. The van der Waals surface area contributed by atoms with Gasteiger partial charge in [-0.1, -0.05) is 6.92 Å². The van der Waals surface area contributed by atoms with E-state index < -0.39 is 17.6 Å². The second-order valence-corrected chi connectivity index (χ2v) is 6.49. The van der Waals surface area contributed by atoms with E-state index in [-0.39, 0.29) is 11.3 Å². The van der Waals surface area contributed by atoms with Crippen LogP contribution in [0.4, 0.5) is 24.8 Å². The molecule has 0 bridgehead atoms. The quantitative estimate of drug-likeness (QED) is 0.895. The molecule has 1 amide bonds. The molecule has 1 saturated heterocycles. The molecular weight excluding hydrogens is 345 g/mol. The Labute approximate surface area is 149 Å². The Morgan fingerprint density at radius 1 is 1.19 bits per heavy atom. The number of piperidine rings is 1. The maximum Gasteiger partial charge on any atom is 0.416 e. The van der Waals surface area contributed by atoms with Gasteiger partial charge in [-0.05, 0) is 43.0 Å². The molecule has 0 saturated carbocycles. The van der Waals surface area contributed by atoms with Crippen LogP contribution < -0.4 is 10.2 Å². The van der Waals surface area contributed by atoms with E-state index in [1.54, 1.807) is 0 Å². The van der Waals surface area contributed by atoms with Crippen LogP contribution in [0.2, 0.25) is 0 Å². The van der Waals surface area contributed by atoms with E-state index >= 15 is 0 Å². The summed E-state index contributed by atoms with van der Waals surface area (Å²) in [5.74, 6) is 0.695. The summed E-state index contributed by atoms with van der Waals surface area (Å²) in [6, 6.07) is 4.27. The summed E-state index contributed by atoms with van der Waals surface area (Å²) in [6.07, 6.45) is 0.727. The minimum atomic E-state index is -4.40. The zero-order chi connectivity index (χ0) is 18.7. The van der Waals surface area contributed by atoms with Gasteiger partial charge in [0.05, 0.1) is 11.1 Å². The molecule has 2 aromatic rings. The van der Waals surface area contributed by atoms with E-state index in [1.165, 1.54) is 30.9 Å². The van der Waals surface area contributed by atoms with Crippen LogP contribution in [0, 0.1) is 5.92 Å². The second-order valence-electron chi connectivity index (χ2n) is 6.49. The normalized spacial score (nSPS) is 17.8. The van der Waals surface area contributed by atoms with Gasteiger partial charge in [-0.2, -0.15) is 13.2 Å². The third-order valence-corrected chi connectivity index (χ3v) is 4.31. The van der Waals surface area contributed by atoms with Gasteiger partial charge >= 0.3 is 6.18 Å². The van der Waals surface area contributed by atoms with Crippen molar-refractivity contribution in [2.45, 2.75) is 25.9 Å². The molecule has 8 heteroatoms. The number of aromatic nitrogens is 2. The third-order valence-electron chi connectivity index (χ3n) is 4.31. The average Bonchev–Trinajstić information content (AvgIpc) is 2.61. The number of alkyl halides is 3. The minimum absolute atomic E-state index is 0.249. The van der Waals surface area contributed by atoms with Crippen LogP contribution in [0.1, 0.15) is 35.7 Å². The van der Waals surface area contributed by atoms with E-state index in [0.717, 1.165) is 31.6 Å². The zero-order valence-corrected chi connectivity index (χ0v) is 14.3. The number of hydrogen-bond acceptors (Lipinski definition) is 4. The van der Waals surface area contributed by atoms with Gasteiger partial charge in [0, 0.05) is 31.2 Å². The number of nitrogens with zero attached hydrogens (tertiary/aromatic N) is 3. The van der Waals surface area contributed by atoms with Gasteiger partial charge in [0.1, 0.15) is 0 Å². The lowest BCUT2D eigenvalue weighted by molar-refractivity contribution is -0.137. The maximum atomic E-state index is 12.6. The largest absolute Gasteiger partial charge is 0.416 e. The van der Waals surface area contributed by atoms with Gasteiger partial charge in [-0.3, -0.25) is 4.79 Å². The first-order valence-electron chi connectivity index (χ1n) is 8.38. The number of carbonyl (C=O) groups excluding carboxylic acids is 1. The molecule has 3 rings (SSSR count). The molecule has 0 spiro atoms. The summed E-state index contributed by atoms with van der Waals surface area (Å²) in [4.78, 5) is 22.8. The molecule has 1 aromatic heterocycles. The topological polar surface area (TPSA) is 58.1 Å². The summed E-state index contributed by atoms with van der Waals surface area (Å²) in [6.45, 7) is 3.95. The van der Waals surface area contributed by atoms with Crippen molar-refractivity contribution in [3.63, 3.8) is 0 Å². The van der Waals surface area contributed by atoms with Crippen LogP contribution in [0.25, 0.3) is 0 Å². The lowest BCUT2D eigenvalue weighted by Gasteiger charge is -2.30. The Kier molecular flexibility index (Phi) is 5.11. The summed E-state index contributed by atoms with van der Waals surface area (Å²) in [5.41, 5.74) is -0.241. The summed E-state index contributed by atoms with van der Waals surface area (Å²) < 4.78 is 37.7. The third kappa shape index (κ3) is 4.30. The molecule has 2 heterocycles. The fourth-order valence-electron chi connectivity index (χ4n) is 2.92. The van der Waals surface area contributed by atoms with Crippen molar-refractivity contribution in [3.8, 4) is 0 Å². The molecule has 26 heavy (non-hydrogen) atoms. The first-order valence-corrected chi connectivity index (χ1v) is 8.38. The van der Waals surface area contributed by atoms with Crippen LogP contribution in [0.15, 0.2) is 36.7 Å². The SMILES string of the molecule is CC1CCCN(c2ncc(C(=O)Nc3ccc(C(F)(F)F)cc3)cn2)C1. The van der Waals surface area contributed by atoms with Gasteiger partial charge in [0.2, 0.25) is 5.95 Å². The highest BCUT2D eigenvalue weighted by atomic mass is 19.4. The highest BCUT2D eigenvalue weighted by Gasteiger charge is 2.30. The Morgan fingerprint density at radius 3 is 2.42 bits per heavy atom. The molecule has 1 aliphatic rings. The number of nitrogens with one attached hydrogen (secondary N) is 1. The number of anilines is 2. The molecule has 1 N–H and O–H groups in total. The van der Waals surface area contributed by atoms with Crippen LogP contribution in [0.5, 0.6) is 0 Å². The molecule has 1 atom stereocenters. The fourth-order valence-corrected chi connectivity index (χ4v) is 2.92. The first-order chi connectivity index (χ1) is 12.3. The van der Waals surface area contributed by atoms with Crippen molar-refractivity contribution in [3.05, 3.63) is 47.8 Å². The Balaban J connectivity index is 1.64. The highest BCUT2D eigenvalue weighted by Crippen LogP contribution is 2.29. The molecule has 1 unspecified atom stereocenters. The summed E-state index contributed by atoms with van der Waals surface area (Å²) >= 11 is 0. The average molecular weight is 364 g/mol. The lowest BCUT2D eigenvalue weighted by atomic mass is 10.0. The monoisotopic (exact) mass is 364 g/mol. The molecule has 0 radical (unpaired) electrons. The van der Waals surface area contributed by atoms with E-state index in [9.17, 15) is 18.0 Å². The molecule has 138 valence electrons. The van der Waals surface area contributed by atoms with Gasteiger partial charge in [0.15, 0.2) is 0 Å². The van der Waals surface area contributed by atoms with Gasteiger partial charge in [0.25, 0.3) is 5.91 Å². The number of amides is 1. The number of hydrogen-bond donors (Lipinski definition) is 1. The van der Waals surface area contributed by atoms with Crippen LogP contribution in [-0.4, -0.2) is 29.0 Å². The molecule has 0 aliphatic carbocycles. The van der Waals surface area contributed by atoms with Crippen molar-refractivity contribution >= 4 is 17.5 Å². The smallest absolute Gasteiger partial charge is 0.341 e. The molecule has 1 aliphatic heterocycles. The zero-order valence-electron chi connectivity index (χ0n) is 14.3. The van der Waals surface area contributed by atoms with Gasteiger partial charge in [-0.25, -0.2) is 9.97 Å². The van der Waals surface area contributed by atoms with Crippen molar-refractivity contribution in [2.24, 2.45) is 5.92 Å². The van der Waals surface area contributed by atoms with Crippen molar-refractivity contribution in [2.75, 3.05) is 23.3 Å². The van der Waals surface area contributed by atoms with E-state index in [1.807, 2.05) is 0 Å². The highest BCUT2D eigenvalue weighted by molar-refractivity contribution is 6.03. The van der Waals surface area contributed by atoms with Crippen LogP contribution >= 0.6 is 0 Å². The Hall–Kier alpha value is -2.64. The molecule has 1 fully saturated rings. The van der Waals surface area contributed by atoms with Crippen LogP contribution in [0.3, 0.4) is 0 Å². The number of benzene rings is 1. The number of halogens is 3. The van der Waals surface area contributed by atoms with E-state index in [4.69, 9.17) is 0 Å². The van der Waals surface area contributed by atoms with E-state index in [0.29, 0.717) is 11.9 Å². The van der Waals surface area contributed by atoms with Crippen molar-refractivity contribution in [1.82, 2.24) is 9.97 Å². The van der Waals surface area contributed by atoms with Crippen molar-refractivity contribution < 1.29 is 18.0 Å². The molecule has 1 aromatic carbocycles. The summed E-state index contributed by atoms with van der Waals surface area (Å²) in [7, 11) is 0. The fraction of sp³-hybridized carbons (Fsp3) is 0.389. The maximum absolute atomic E-state index is 12.6. The minimum Gasteiger partial charge on any atom is -0.341 e. The lowest BCUT2D eigenvalue weighted by Crippen LogP contribution is -2.35. The molecular formula is C18H19F3N4O.